The fraction of sp³-hybridized carbons (Fsp3) is 0.600. The molecular weight excluding hydrogens is 299 g/mol. The first kappa shape index (κ1) is 16.9. The zero-order valence-corrected chi connectivity index (χ0v) is 12.8. The highest BCUT2D eigenvalue weighted by Crippen LogP contribution is 2.37. The molecule has 2 rings (SSSR count). The van der Waals surface area contributed by atoms with Crippen LogP contribution in [0.5, 0.6) is 11.5 Å². The van der Waals surface area contributed by atoms with Crippen LogP contribution in [-0.2, 0) is 5.54 Å². The van der Waals surface area contributed by atoms with Crippen LogP contribution in [0.1, 0.15) is 25.8 Å². The Labute approximate surface area is 127 Å². The maximum absolute atomic E-state index is 12.3. The fourth-order valence-corrected chi connectivity index (χ4v) is 2.37. The number of alkyl halides is 3. The number of hydrogen-bond acceptors (Lipinski definition) is 4. The van der Waals surface area contributed by atoms with Crippen LogP contribution < -0.4 is 9.47 Å². The SMILES string of the molecule is CN(C[C@@H](O)CC(F)(F)F)C(C)(C)c1ccc2c(c1)OCO2. The Morgan fingerprint density at radius 1 is 1.23 bits per heavy atom. The summed E-state index contributed by atoms with van der Waals surface area (Å²) in [6.07, 6.45) is -7.05. The lowest BCUT2D eigenvalue weighted by molar-refractivity contribution is -0.156. The topological polar surface area (TPSA) is 41.9 Å². The number of nitrogens with zero attached hydrogens (tertiary/aromatic N) is 1. The Hall–Kier alpha value is -1.47. The molecule has 1 heterocycles. The fourth-order valence-electron chi connectivity index (χ4n) is 2.37. The van der Waals surface area contributed by atoms with Gasteiger partial charge in [-0.2, -0.15) is 13.2 Å². The lowest BCUT2D eigenvalue weighted by atomic mass is 9.92. The highest BCUT2D eigenvalue weighted by Gasteiger charge is 2.34. The minimum Gasteiger partial charge on any atom is -0.454 e. The minimum absolute atomic E-state index is 0.0824. The molecule has 0 amide bonds. The van der Waals surface area contributed by atoms with Gasteiger partial charge in [-0.25, -0.2) is 0 Å². The zero-order valence-electron chi connectivity index (χ0n) is 12.8. The van der Waals surface area contributed by atoms with Crippen molar-refractivity contribution in [3.05, 3.63) is 23.8 Å². The van der Waals surface area contributed by atoms with Gasteiger partial charge in [0.2, 0.25) is 6.79 Å². The van der Waals surface area contributed by atoms with Gasteiger partial charge in [0.25, 0.3) is 0 Å². The number of benzene rings is 1. The van der Waals surface area contributed by atoms with Gasteiger partial charge in [-0.3, -0.25) is 4.90 Å². The number of likely N-dealkylation sites (N-methyl/N-ethyl adjacent to an activating group) is 1. The molecule has 0 saturated carbocycles. The van der Waals surface area contributed by atoms with E-state index in [4.69, 9.17) is 9.47 Å². The molecule has 22 heavy (non-hydrogen) atoms. The van der Waals surface area contributed by atoms with Gasteiger partial charge in [-0.15, -0.1) is 0 Å². The molecule has 0 bridgehead atoms. The summed E-state index contributed by atoms with van der Waals surface area (Å²) in [4.78, 5) is 1.70. The Morgan fingerprint density at radius 3 is 2.50 bits per heavy atom. The van der Waals surface area contributed by atoms with E-state index < -0.39 is 24.2 Å². The van der Waals surface area contributed by atoms with E-state index in [0.717, 1.165) is 5.56 Å². The molecule has 0 saturated heterocycles. The molecule has 1 aliphatic heterocycles. The third-order valence-corrected chi connectivity index (χ3v) is 3.99. The van der Waals surface area contributed by atoms with Crippen molar-refractivity contribution in [3.63, 3.8) is 0 Å². The van der Waals surface area contributed by atoms with Gasteiger partial charge >= 0.3 is 6.18 Å². The standard InChI is InChI=1S/C15H20F3NO3/c1-14(2,19(3)8-11(20)7-15(16,17)18)10-4-5-12-13(6-10)22-9-21-12/h4-6,11,20H,7-9H2,1-3H3/t11-/m0/s1. The molecule has 4 nitrogen and oxygen atoms in total. The highest BCUT2D eigenvalue weighted by molar-refractivity contribution is 5.46. The number of halogens is 3. The van der Waals surface area contributed by atoms with Crippen molar-refractivity contribution in [2.75, 3.05) is 20.4 Å². The van der Waals surface area contributed by atoms with Crippen LogP contribution >= 0.6 is 0 Å². The quantitative estimate of drug-likeness (QED) is 0.906. The number of rotatable bonds is 5. The molecule has 0 radical (unpaired) electrons. The van der Waals surface area contributed by atoms with Crippen LogP contribution in [0.4, 0.5) is 13.2 Å². The van der Waals surface area contributed by atoms with Crippen molar-refractivity contribution in [3.8, 4) is 11.5 Å². The molecule has 0 aliphatic carbocycles. The lowest BCUT2D eigenvalue weighted by Crippen LogP contribution is -2.43. The molecule has 1 N–H and O–H groups in total. The molecule has 0 fully saturated rings. The molecule has 1 atom stereocenters. The summed E-state index contributed by atoms with van der Waals surface area (Å²) < 4.78 is 47.5. The molecule has 0 unspecified atom stereocenters. The average Bonchev–Trinajstić information content (AvgIpc) is 2.83. The first-order valence-corrected chi connectivity index (χ1v) is 6.96. The van der Waals surface area contributed by atoms with E-state index in [9.17, 15) is 18.3 Å². The van der Waals surface area contributed by atoms with Crippen molar-refractivity contribution in [1.82, 2.24) is 4.90 Å². The molecule has 0 aromatic heterocycles. The first-order chi connectivity index (χ1) is 10.1. The van der Waals surface area contributed by atoms with Gasteiger partial charge < -0.3 is 14.6 Å². The number of hydrogen-bond donors (Lipinski definition) is 1. The van der Waals surface area contributed by atoms with Crippen molar-refractivity contribution in [2.24, 2.45) is 0 Å². The monoisotopic (exact) mass is 319 g/mol. The van der Waals surface area contributed by atoms with Crippen molar-refractivity contribution >= 4 is 0 Å². The minimum atomic E-state index is -4.37. The summed E-state index contributed by atoms with van der Waals surface area (Å²) in [5, 5.41) is 9.61. The van der Waals surface area contributed by atoms with Gasteiger partial charge in [0.1, 0.15) is 0 Å². The molecule has 1 aliphatic rings. The largest absolute Gasteiger partial charge is 0.454 e. The van der Waals surface area contributed by atoms with E-state index in [1.807, 2.05) is 26.0 Å². The van der Waals surface area contributed by atoms with E-state index in [1.165, 1.54) is 0 Å². The van der Waals surface area contributed by atoms with E-state index in [-0.39, 0.29) is 13.3 Å². The molecule has 0 spiro atoms. The molecule has 124 valence electrons. The third-order valence-electron chi connectivity index (χ3n) is 3.99. The van der Waals surface area contributed by atoms with Crippen molar-refractivity contribution in [2.45, 2.75) is 38.1 Å². The number of ether oxygens (including phenoxy) is 2. The smallest absolute Gasteiger partial charge is 0.391 e. The second-order valence-electron chi connectivity index (χ2n) is 5.98. The molecular formula is C15H20F3NO3. The van der Waals surface area contributed by atoms with Crippen molar-refractivity contribution in [1.29, 1.82) is 0 Å². The van der Waals surface area contributed by atoms with Gasteiger partial charge in [-0.1, -0.05) is 6.07 Å². The summed E-state index contributed by atoms with van der Waals surface area (Å²) in [6, 6.07) is 5.44. The van der Waals surface area contributed by atoms with Gasteiger partial charge in [0.15, 0.2) is 11.5 Å². The van der Waals surface area contributed by atoms with Crippen LogP contribution in [0, 0.1) is 0 Å². The number of fused-ring (bicyclic) bond motifs is 1. The second-order valence-corrected chi connectivity index (χ2v) is 5.98. The van der Waals surface area contributed by atoms with Crippen LogP contribution in [-0.4, -0.2) is 42.7 Å². The third kappa shape index (κ3) is 3.84. The van der Waals surface area contributed by atoms with E-state index in [1.54, 1.807) is 18.0 Å². The van der Waals surface area contributed by atoms with Gasteiger partial charge in [0, 0.05) is 12.1 Å². The van der Waals surface area contributed by atoms with Crippen LogP contribution in [0.3, 0.4) is 0 Å². The molecule has 1 aromatic carbocycles. The number of aliphatic hydroxyl groups is 1. The maximum atomic E-state index is 12.3. The Morgan fingerprint density at radius 2 is 1.86 bits per heavy atom. The van der Waals surface area contributed by atoms with Crippen LogP contribution in [0.2, 0.25) is 0 Å². The van der Waals surface area contributed by atoms with E-state index in [2.05, 4.69) is 0 Å². The predicted molar refractivity (Wildman–Crippen MR) is 74.9 cm³/mol. The van der Waals surface area contributed by atoms with Gasteiger partial charge in [0.05, 0.1) is 12.5 Å². The zero-order chi connectivity index (χ0) is 16.5. The highest BCUT2D eigenvalue weighted by atomic mass is 19.4. The molecule has 1 aromatic rings. The van der Waals surface area contributed by atoms with E-state index >= 15 is 0 Å². The Balaban J connectivity index is 2.08. The second kappa shape index (κ2) is 5.96. The summed E-state index contributed by atoms with van der Waals surface area (Å²) in [7, 11) is 1.68. The summed E-state index contributed by atoms with van der Waals surface area (Å²) in [5.74, 6) is 1.27. The average molecular weight is 319 g/mol. The lowest BCUT2D eigenvalue weighted by Gasteiger charge is -2.37. The van der Waals surface area contributed by atoms with Crippen LogP contribution in [0.15, 0.2) is 18.2 Å². The predicted octanol–water partition coefficient (Wildman–Crippen LogP) is 2.90. The van der Waals surface area contributed by atoms with Gasteiger partial charge in [-0.05, 0) is 38.6 Å². The van der Waals surface area contributed by atoms with Crippen molar-refractivity contribution < 1.29 is 27.8 Å². The van der Waals surface area contributed by atoms with E-state index in [0.29, 0.717) is 11.5 Å². The number of aliphatic hydroxyl groups excluding tert-OH is 1. The normalized spacial score (nSPS) is 16.2. The summed E-state index contributed by atoms with van der Waals surface area (Å²) in [5.41, 5.74) is 0.312. The Bertz CT molecular complexity index is 531. The Kier molecular flexibility index (Phi) is 4.58. The summed E-state index contributed by atoms with van der Waals surface area (Å²) in [6.45, 7) is 3.84. The maximum Gasteiger partial charge on any atom is 0.391 e. The first-order valence-electron chi connectivity index (χ1n) is 6.96. The summed E-state index contributed by atoms with van der Waals surface area (Å²) >= 11 is 0. The van der Waals surface area contributed by atoms with Crippen LogP contribution in [0.25, 0.3) is 0 Å². The molecule has 7 heteroatoms.